The van der Waals surface area contributed by atoms with Crippen LogP contribution in [0.4, 0.5) is 4.79 Å². The highest BCUT2D eigenvalue weighted by atomic mass is 16.6. The quantitative estimate of drug-likeness (QED) is 0.498. The molecule has 0 unspecified atom stereocenters. The zero-order valence-electron chi connectivity index (χ0n) is 15.3. The van der Waals surface area contributed by atoms with Crippen LogP contribution in [-0.2, 0) is 9.53 Å². The van der Waals surface area contributed by atoms with Crippen molar-refractivity contribution >= 4 is 23.0 Å². The monoisotopic (exact) mass is 361 g/mol. The number of rotatable bonds is 5. The Morgan fingerprint density at radius 3 is 2.54 bits per heavy atom. The van der Waals surface area contributed by atoms with Crippen LogP contribution in [0.25, 0.3) is 11.0 Å². The van der Waals surface area contributed by atoms with Crippen molar-refractivity contribution in [1.29, 1.82) is 0 Å². The smallest absolute Gasteiger partial charge is 0.408 e. The molecule has 1 atom stereocenters. The Morgan fingerprint density at radius 2 is 1.88 bits per heavy atom. The van der Waals surface area contributed by atoms with Crippen LogP contribution in [0.5, 0.6) is 5.75 Å². The van der Waals surface area contributed by atoms with Gasteiger partial charge in [0, 0.05) is 17.5 Å². The van der Waals surface area contributed by atoms with Crippen molar-refractivity contribution in [2.45, 2.75) is 52.2 Å². The lowest BCUT2D eigenvalue weighted by molar-refractivity contribution is -0.137. The Balaban J connectivity index is 2.11. The van der Waals surface area contributed by atoms with Crippen LogP contribution in [0.15, 0.2) is 39.5 Å². The number of alkyl carbamates (subject to hydrolysis) is 1. The second-order valence-corrected chi connectivity index (χ2v) is 6.86. The maximum Gasteiger partial charge on any atom is 0.408 e. The summed E-state index contributed by atoms with van der Waals surface area (Å²) in [7, 11) is 0. The molecule has 1 heterocycles. The van der Waals surface area contributed by atoms with Gasteiger partial charge in [0.05, 0.1) is 0 Å². The van der Waals surface area contributed by atoms with Gasteiger partial charge in [0.25, 0.3) is 0 Å². The Hall–Kier alpha value is -2.83. The van der Waals surface area contributed by atoms with Gasteiger partial charge in [0.15, 0.2) is 0 Å². The van der Waals surface area contributed by atoms with Gasteiger partial charge in [-0.25, -0.2) is 14.4 Å². The summed E-state index contributed by atoms with van der Waals surface area (Å²) < 4.78 is 15.6. The molecular formula is C19H23NO6. The average molecular weight is 361 g/mol. The van der Waals surface area contributed by atoms with E-state index in [-0.39, 0.29) is 5.75 Å². The highest BCUT2D eigenvalue weighted by Crippen LogP contribution is 2.20. The van der Waals surface area contributed by atoms with Crippen molar-refractivity contribution in [3.63, 3.8) is 0 Å². The van der Waals surface area contributed by atoms with Gasteiger partial charge in [-0.15, -0.1) is 0 Å². The molecule has 26 heavy (non-hydrogen) atoms. The van der Waals surface area contributed by atoms with Crippen molar-refractivity contribution in [1.82, 2.24) is 5.32 Å². The molecule has 0 aliphatic carbocycles. The number of hydrogen-bond donors (Lipinski definition) is 1. The Bertz CT molecular complexity index is 849. The summed E-state index contributed by atoms with van der Waals surface area (Å²) in [6.45, 7) is 7.11. The molecule has 140 valence electrons. The first-order valence-electron chi connectivity index (χ1n) is 8.43. The predicted octanol–water partition coefficient (Wildman–Crippen LogP) is 3.39. The van der Waals surface area contributed by atoms with E-state index < -0.39 is 29.3 Å². The molecule has 2 rings (SSSR count). The minimum Gasteiger partial charge on any atom is -0.444 e. The van der Waals surface area contributed by atoms with Crippen LogP contribution in [0.2, 0.25) is 0 Å². The van der Waals surface area contributed by atoms with Gasteiger partial charge < -0.3 is 19.2 Å². The first-order chi connectivity index (χ1) is 12.2. The standard InChI is InChI=1S/C19H23NO6/c1-5-6-14(20-18(23)26-19(2,3)4)17(22)24-13-9-7-12-8-10-16(21)25-15(12)11-13/h7-11,14H,5-6H2,1-4H3,(H,20,23)/t14-/m1/s1. The van der Waals surface area contributed by atoms with E-state index in [1.807, 2.05) is 6.92 Å². The number of carbonyl (C=O) groups excluding carboxylic acids is 2. The molecule has 7 nitrogen and oxygen atoms in total. The van der Waals surface area contributed by atoms with Gasteiger partial charge >= 0.3 is 17.7 Å². The molecule has 1 N–H and O–H groups in total. The maximum atomic E-state index is 12.4. The third-order valence-corrected chi connectivity index (χ3v) is 3.37. The number of nitrogens with one attached hydrogen (secondary N) is 1. The highest BCUT2D eigenvalue weighted by molar-refractivity contribution is 5.84. The van der Waals surface area contributed by atoms with Crippen LogP contribution in [0.1, 0.15) is 40.5 Å². The Labute approximate surface area is 151 Å². The summed E-state index contributed by atoms with van der Waals surface area (Å²) in [5, 5.41) is 3.24. The molecule has 0 bridgehead atoms. The minimum absolute atomic E-state index is 0.226. The van der Waals surface area contributed by atoms with Gasteiger partial charge in [0.1, 0.15) is 23.0 Å². The van der Waals surface area contributed by atoms with Crippen LogP contribution in [0, 0.1) is 0 Å². The molecule has 7 heteroatoms. The molecule has 1 aromatic heterocycles. The van der Waals surface area contributed by atoms with E-state index in [1.165, 1.54) is 12.1 Å². The van der Waals surface area contributed by atoms with Crippen LogP contribution in [0.3, 0.4) is 0 Å². The second kappa shape index (κ2) is 8.03. The second-order valence-electron chi connectivity index (χ2n) is 6.86. The van der Waals surface area contributed by atoms with E-state index in [9.17, 15) is 14.4 Å². The Kier molecular flexibility index (Phi) is 6.02. The van der Waals surface area contributed by atoms with E-state index in [4.69, 9.17) is 13.9 Å². The van der Waals surface area contributed by atoms with Crippen molar-refractivity contribution in [2.75, 3.05) is 0 Å². The maximum absolute atomic E-state index is 12.4. The number of esters is 1. The SMILES string of the molecule is CCC[C@@H](NC(=O)OC(C)(C)C)C(=O)Oc1ccc2ccc(=O)oc2c1. The summed E-state index contributed by atoms with van der Waals surface area (Å²) in [5.41, 5.74) is -0.841. The zero-order valence-corrected chi connectivity index (χ0v) is 15.3. The third-order valence-electron chi connectivity index (χ3n) is 3.37. The number of hydrogen-bond acceptors (Lipinski definition) is 6. The lowest BCUT2D eigenvalue weighted by Crippen LogP contribution is -2.45. The van der Waals surface area contributed by atoms with Gasteiger partial charge in [-0.3, -0.25) is 0 Å². The molecule has 1 amide bonds. The van der Waals surface area contributed by atoms with Gasteiger partial charge in [0.2, 0.25) is 0 Å². The fourth-order valence-electron chi connectivity index (χ4n) is 2.28. The van der Waals surface area contributed by atoms with E-state index in [0.717, 1.165) is 0 Å². The van der Waals surface area contributed by atoms with E-state index in [1.54, 1.807) is 39.0 Å². The first-order valence-corrected chi connectivity index (χ1v) is 8.43. The van der Waals surface area contributed by atoms with Crippen LogP contribution >= 0.6 is 0 Å². The first kappa shape index (κ1) is 19.5. The molecule has 2 aromatic rings. The lowest BCUT2D eigenvalue weighted by atomic mass is 10.1. The van der Waals surface area contributed by atoms with Gasteiger partial charge in [-0.1, -0.05) is 13.3 Å². The number of benzene rings is 1. The summed E-state index contributed by atoms with van der Waals surface area (Å²) >= 11 is 0. The zero-order chi connectivity index (χ0) is 19.3. The normalized spacial score (nSPS) is 12.5. The van der Waals surface area contributed by atoms with E-state index >= 15 is 0 Å². The number of carbonyl (C=O) groups is 2. The van der Waals surface area contributed by atoms with E-state index in [0.29, 0.717) is 23.8 Å². The molecular weight excluding hydrogens is 338 g/mol. The predicted molar refractivity (Wildman–Crippen MR) is 96.2 cm³/mol. The molecule has 0 aliphatic rings. The molecule has 0 spiro atoms. The van der Waals surface area contributed by atoms with Crippen molar-refractivity contribution in [2.24, 2.45) is 0 Å². The summed E-state index contributed by atoms with van der Waals surface area (Å²) in [4.78, 5) is 35.7. The lowest BCUT2D eigenvalue weighted by Gasteiger charge is -2.22. The number of amides is 1. The summed E-state index contributed by atoms with van der Waals surface area (Å²) in [6, 6.07) is 6.83. The fourth-order valence-corrected chi connectivity index (χ4v) is 2.28. The van der Waals surface area contributed by atoms with Crippen LogP contribution < -0.4 is 15.7 Å². The third kappa shape index (κ3) is 5.61. The van der Waals surface area contributed by atoms with Crippen molar-refractivity contribution in [3.05, 3.63) is 40.8 Å². The van der Waals surface area contributed by atoms with E-state index in [2.05, 4.69) is 5.32 Å². The Morgan fingerprint density at radius 1 is 1.19 bits per heavy atom. The molecule has 0 saturated carbocycles. The summed E-state index contributed by atoms with van der Waals surface area (Å²) in [6.07, 6.45) is 0.389. The van der Waals surface area contributed by atoms with Crippen molar-refractivity contribution < 1.29 is 23.5 Å². The van der Waals surface area contributed by atoms with Gasteiger partial charge in [-0.05, 0) is 45.4 Å². The molecule has 0 aliphatic heterocycles. The molecule has 0 radical (unpaired) electrons. The number of fused-ring (bicyclic) bond motifs is 1. The molecule has 1 aromatic carbocycles. The number of ether oxygens (including phenoxy) is 2. The fraction of sp³-hybridized carbons (Fsp3) is 0.421. The largest absolute Gasteiger partial charge is 0.444 e. The topological polar surface area (TPSA) is 94.8 Å². The summed E-state index contributed by atoms with van der Waals surface area (Å²) in [5.74, 6) is -0.390. The minimum atomic E-state index is -0.840. The van der Waals surface area contributed by atoms with Gasteiger partial charge in [-0.2, -0.15) is 0 Å². The molecule has 0 saturated heterocycles. The highest BCUT2D eigenvalue weighted by Gasteiger charge is 2.25. The van der Waals surface area contributed by atoms with Crippen LogP contribution in [-0.4, -0.2) is 23.7 Å². The van der Waals surface area contributed by atoms with Crippen molar-refractivity contribution in [3.8, 4) is 5.75 Å². The average Bonchev–Trinajstić information content (AvgIpc) is 2.52. The molecule has 0 fully saturated rings.